The molecular formula is C16H19ClN2. The summed E-state index contributed by atoms with van der Waals surface area (Å²) in [4.78, 5) is 4.31. The Morgan fingerprint density at radius 3 is 2.58 bits per heavy atom. The quantitative estimate of drug-likeness (QED) is 0.826. The number of halogens is 1. The Morgan fingerprint density at radius 1 is 1.16 bits per heavy atom. The number of rotatable bonds is 5. The van der Waals surface area contributed by atoms with E-state index in [-0.39, 0.29) is 0 Å². The molecule has 2 rings (SSSR count). The van der Waals surface area contributed by atoms with Crippen LogP contribution < -0.4 is 5.32 Å². The zero-order chi connectivity index (χ0) is 13.7. The van der Waals surface area contributed by atoms with E-state index in [1.165, 1.54) is 0 Å². The highest BCUT2D eigenvalue weighted by molar-refractivity contribution is 6.31. The first-order valence-corrected chi connectivity index (χ1v) is 7.00. The highest BCUT2D eigenvalue weighted by Crippen LogP contribution is 2.25. The van der Waals surface area contributed by atoms with E-state index in [1.54, 1.807) is 0 Å². The summed E-state index contributed by atoms with van der Waals surface area (Å²) in [6.07, 6.45) is 3.01. The number of pyridine rings is 1. The summed E-state index contributed by atoms with van der Waals surface area (Å²) in [6, 6.07) is 10.3. The molecule has 2 nitrogen and oxygen atoms in total. The number of aromatic nitrogens is 1. The molecule has 0 aliphatic heterocycles. The summed E-state index contributed by atoms with van der Waals surface area (Å²) >= 11 is 6.33. The Hall–Kier alpha value is -1.38. The number of hydrogen-bond acceptors (Lipinski definition) is 2. The topological polar surface area (TPSA) is 24.9 Å². The van der Waals surface area contributed by atoms with Crippen molar-refractivity contribution in [1.82, 2.24) is 10.3 Å². The van der Waals surface area contributed by atoms with Crippen molar-refractivity contribution in [1.29, 1.82) is 0 Å². The van der Waals surface area contributed by atoms with Crippen LogP contribution in [0.2, 0.25) is 5.02 Å². The van der Waals surface area contributed by atoms with Gasteiger partial charge in [0.05, 0.1) is 0 Å². The van der Waals surface area contributed by atoms with Gasteiger partial charge in [0.2, 0.25) is 0 Å². The molecule has 0 saturated heterocycles. The van der Waals surface area contributed by atoms with E-state index >= 15 is 0 Å². The third-order valence-corrected chi connectivity index (χ3v) is 3.39. The second-order valence-electron chi connectivity index (χ2n) is 4.67. The van der Waals surface area contributed by atoms with E-state index in [0.29, 0.717) is 0 Å². The van der Waals surface area contributed by atoms with Crippen molar-refractivity contribution in [2.24, 2.45) is 0 Å². The lowest BCUT2D eigenvalue weighted by atomic mass is 10.1. The molecule has 0 aliphatic carbocycles. The average Bonchev–Trinajstić information content (AvgIpc) is 2.42. The van der Waals surface area contributed by atoms with E-state index < -0.39 is 0 Å². The van der Waals surface area contributed by atoms with Gasteiger partial charge in [-0.15, -0.1) is 0 Å². The Labute approximate surface area is 119 Å². The standard InChI is InChI=1S/C16H19ClN2/c1-3-8-18-10-15-7-6-13(9-16(15)17)14-5-4-12(2)19-11-14/h4-7,9,11,18H,3,8,10H2,1-2H3. The predicted molar refractivity (Wildman–Crippen MR) is 81.4 cm³/mol. The van der Waals surface area contributed by atoms with E-state index in [0.717, 1.165) is 46.9 Å². The van der Waals surface area contributed by atoms with Crippen LogP contribution in [-0.4, -0.2) is 11.5 Å². The highest BCUT2D eigenvalue weighted by atomic mass is 35.5. The van der Waals surface area contributed by atoms with Crippen LogP contribution in [0.25, 0.3) is 11.1 Å². The van der Waals surface area contributed by atoms with Gasteiger partial charge in [0.15, 0.2) is 0 Å². The van der Waals surface area contributed by atoms with Crippen molar-refractivity contribution < 1.29 is 0 Å². The second-order valence-corrected chi connectivity index (χ2v) is 5.08. The third kappa shape index (κ3) is 3.79. The summed E-state index contributed by atoms with van der Waals surface area (Å²) in [5.41, 5.74) is 4.37. The molecule has 2 aromatic rings. The molecule has 0 fully saturated rings. The van der Waals surface area contributed by atoms with Crippen LogP contribution in [0.1, 0.15) is 24.6 Å². The molecule has 1 heterocycles. The maximum atomic E-state index is 6.33. The van der Waals surface area contributed by atoms with Crippen LogP contribution >= 0.6 is 11.6 Å². The van der Waals surface area contributed by atoms with E-state index in [4.69, 9.17) is 11.6 Å². The molecule has 0 radical (unpaired) electrons. The maximum Gasteiger partial charge on any atom is 0.0457 e. The van der Waals surface area contributed by atoms with Crippen LogP contribution in [0, 0.1) is 6.92 Å². The summed E-state index contributed by atoms with van der Waals surface area (Å²) in [5.74, 6) is 0. The Kier molecular flexibility index (Phi) is 4.94. The minimum atomic E-state index is 0.807. The molecule has 0 unspecified atom stereocenters. The third-order valence-electron chi connectivity index (χ3n) is 3.04. The highest BCUT2D eigenvalue weighted by Gasteiger charge is 2.04. The lowest BCUT2D eigenvalue weighted by molar-refractivity contribution is 0.675. The molecule has 3 heteroatoms. The van der Waals surface area contributed by atoms with Crippen LogP contribution in [0.4, 0.5) is 0 Å². The summed E-state index contributed by atoms with van der Waals surface area (Å²) in [7, 11) is 0. The fourth-order valence-electron chi connectivity index (χ4n) is 1.91. The molecule has 0 amide bonds. The molecule has 100 valence electrons. The van der Waals surface area contributed by atoms with Gasteiger partial charge in [0, 0.05) is 29.0 Å². The minimum Gasteiger partial charge on any atom is -0.313 e. The number of nitrogens with one attached hydrogen (secondary N) is 1. The number of nitrogens with zero attached hydrogens (tertiary/aromatic N) is 1. The fourth-order valence-corrected chi connectivity index (χ4v) is 2.16. The number of benzene rings is 1. The predicted octanol–water partition coefficient (Wildman–Crippen LogP) is 4.21. The van der Waals surface area contributed by atoms with Crippen molar-refractivity contribution in [2.75, 3.05) is 6.54 Å². The molecule has 0 aliphatic rings. The van der Waals surface area contributed by atoms with Crippen LogP contribution in [0.15, 0.2) is 36.5 Å². The average molecular weight is 275 g/mol. The first-order chi connectivity index (χ1) is 9.20. The molecule has 0 saturated carbocycles. The normalized spacial score (nSPS) is 10.7. The summed E-state index contributed by atoms with van der Waals surface area (Å²) in [5, 5.41) is 4.17. The lowest BCUT2D eigenvalue weighted by Gasteiger charge is -2.08. The van der Waals surface area contributed by atoms with Gasteiger partial charge in [-0.25, -0.2) is 0 Å². The second kappa shape index (κ2) is 6.69. The van der Waals surface area contributed by atoms with Gasteiger partial charge in [0.25, 0.3) is 0 Å². The molecule has 0 bridgehead atoms. The van der Waals surface area contributed by atoms with Gasteiger partial charge in [-0.05, 0) is 43.1 Å². The van der Waals surface area contributed by atoms with E-state index in [2.05, 4.69) is 35.4 Å². The van der Waals surface area contributed by atoms with E-state index in [9.17, 15) is 0 Å². The zero-order valence-corrected chi connectivity index (χ0v) is 12.2. The zero-order valence-electron chi connectivity index (χ0n) is 11.4. The summed E-state index contributed by atoms with van der Waals surface area (Å²) < 4.78 is 0. The maximum absolute atomic E-state index is 6.33. The Bertz CT molecular complexity index is 535. The van der Waals surface area contributed by atoms with Crippen molar-refractivity contribution in [2.45, 2.75) is 26.8 Å². The largest absolute Gasteiger partial charge is 0.313 e. The van der Waals surface area contributed by atoms with Gasteiger partial charge >= 0.3 is 0 Å². The van der Waals surface area contributed by atoms with Crippen LogP contribution in [0.3, 0.4) is 0 Å². The number of hydrogen-bond donors (Lipinski definition) is 1. The van der Waals surface area contributed by atoms with Crippen LogP contribution in [0.5, 0.6) is 0 Å². The fraction of sp³-hybridized carbons (Fsp3) is 0.312. The van der Waals surface area contributed by atoms with Gasteiger partial charge in [-0.1, -0.05) is 36.7 Å². The SMILES string of the molecule is CCCNCc1ccc(-c2ccc(C)nc2)cc1Cl. The molecule has 0 atom stereocenters. The molecule has 19 heavy (non-hydrogen) atoms. The molecule has 0 spiro atoms. The van der Waals surface area contributed by atoms with E-state index in [1.807, 2.05) is 25.3 Å². The van der Waals surface area contributed by atoms with Gasteiger partial charge in [0.1, 0.15) is 0 Å². The van der Waals surface area contributed by atoms with Crippen LogP contribution in [-0.2, 0) is 6.54 Å². The molecular weight excluding hydrogens is 256 g/mol. The Balaban J connectivity index is 2.16. The minimum absolute atomic E-state index is 0.807. The molecule has 1 aromatic carbocycles. The Morgan fingerprint density at radius 2 is 1.95 bits per heavy atom. The smallest absolute Gasteiger partial charge is 0.0457 e. The monoisotopic (exact) mass is 274 g/mol. The van der Waals surface area contributed by atoms with Gasteiger partial charge in [-0.3, -0.25) is 4.98 Å². The lowest BCUT2D eigenvalue weighted by Crippen LogP contribution is -2.13. The molecule has 1 N–H and O–H groups in total. The summed E-state index contributed by atoms with van der Waals surface area (Å²) in [6.45, 7) is 5.97. The molecule has 1 aromatic heterocycles. The van der Waals surface area contributed by atoms with Gasteiger partial charge < -0.3 is 5.32 Å². The van der Waals surface area contributed by atoms with Crippen molar-refractivity contribution >= 4 is 11.6 Å². The number of aryl methyl sites for hydroxylation is 1. The van der Waals surface area contributed by atoms with Crippen molar-refractivity contribution in [3.63, 3.8) is 0 Å². The van der Waals surface area contributed by atoms with Crippen molar-refractivity contribution in [3.05, 3.63) is 52.8 Å². The van der Waals surface area contributed by atoms with Gasteiger partial charge in [-0.2, -0.15) is 0 Å². The first kappa shape index (κ1) is 14.0. The first-order valence-electron chi connectivity index (χ1n) is 6.63. The van der Waals surface area contributed by atoms with Crippen molar-refractivity contribution in [3.8, 4) is 11.1 Å².